The van der Waals surface area contributed by atoms with Crippen molar-refractivity contribution in [3.63, 3.8) is 0 Å². The minimum absolute atomic E-state index is 0.418. The number of halogens is 2. The molecule has 2 aromatic rings. The van der Waals surface area contributed by atoms with E-state index in [2.05, 4.69) is 42.5 Å². The Labute approximate surface area is 131 Å². The van der Waals surface area contributed by atoms with Gasteiger partial charge in [-0.15, -0.1) is 0 Å². The van der Waals surface area contributed by atoms with Crippen LogP contribution in [0.4, 0.5) is 11.4 Å². The number of fused-ring (bicyclic) bond motifs is 2. The molecule has 4 nitrogen and oxygen atoms in total. The molecule has 0 unspecified atom stereocenters. The number of carbonyl (C=O) groups is 2. The van der Waals surface area contributed by atoms with E-state index >= 15 is 0 Å². The first kappa shape index (κ1) is 13.3. The van der Waals surface area contributed by atoms with Crippen molar-refractivity contribution in [2.75, 3.05) is 5.32 Å². The number of carbonyl (C=O) groups excluding carboxylic acids is 2. The second-order valence-electron chi connectivity index (χ2n) is 4.29. The van der Waals surface area contributed by atoms with E-state index < -0.39 is 11.8 Å². The molecule has 0 aromatic heterocycles. The van der Waals surface area contributed by atoms with Crippen LogP contribution in [0.25, 0.3) is 0 Å². The number of anilines is 2. The van der Waals surface area contributed by atoms with Crippen LogP contribution in [-0.4, -0.2) is 11.8 Å². The fourth-order valence-electron chi connectivity index (χ4n) is 2.01. The van der Waals surface area contributed by atoms with Gasteiger partial charge in [-0.2, -0.15) is 0 Å². The fraction of sp³-hybridized carbons (Fsp3) is 0. The maximum Gasteiger partial charge on any atom is 0.260 e. The Hall–Kier alpha value is -1.66. The van der Waals surface area contributed by atoms with Gasteiger partial charge in [0.25, 0.3) is 11.8 Å². The minimum Gasteiger partial charge on any atom is -0.354 e. The van der Waals surface area contributed by atoms with Crippen LogP contribution in [0.1, 0.15) is 20.7 Å². The summed E-state index contributed by atoms with van der Waals surface area (Å²) in [5.74, 6) is -0.853. The predicted octanol–water partition coefficient (Wildman–Crippen LogP) is 3.84. The first-order valence-corrected chi connectivity index (χ1v) is 7.35. The lowest BCUT2D eigenvalue weighted by molar-refractivity contribution is 0.0849. The highest BCUT2D eigenvalue weighted by Crippen LogP contribution is 2.30. The van der Waals surface area contributed by atoms with E-state index in [0.29, 0.717) is 22.5 Å². The van der Waals surface area contributed by atoms with Gasteiger partial charge in [-0.25, -0.2) is 0 Å². The van der Waals surface area contributed by atoms with Crippen LogP contribution in [0.15, 0.2) is 45.3 Å². The Bertz CT molecular complexity index is 682. The fourth-order valence-corrected chi connectivity index (χ4v) is 2.73. The molecule has 0 bridgehead atoms. The molecule has 1 heterocycles. The van der Waals surface area contributed by atoms with Crippen molar-refractivity contribution < 1.29 is 9.59 Å². The van der Waals surface area contributed by atoms with Crippen LogP contribution in [0.3, 0.4) is 0 Å². The Morgan fingerprint density at radius 2 is 1.15 bits per heavy atom. The minimum atomic E-state index is -0.426. The molecule has 0 radical (unpaired) electrons. The van der Waals surface area contributed by atoms with E-state index in [0.717, 1.165) is 8.95 Å². The van der Waals surface area contributed by atoms with Gasteiger partial charge in [-0.1, -0.05) is 31.9 Å². The Morgan fingerprint density at radius 1 is 0.700 bits per heavy atom. The van der Waals surface area contributed by atoms with Crippen molar-refractivity contribution in [3.8, 4) is 0 Å². The number of rotatable bonds is 0. The number of amides is 2. The van der Waals surface area contributed by atoms with Gasteiger partial charge in [-0.05, 0) is 36.4 Å². The van der Waals surface area contributed by atoms with Crippen LogP contribution in [0.5, 0.6) is 0 Å². The second kappa shape index (κ2) is 5.03. The number of nitrogens with one attached hydrogen (secondary N) is 2. The lowest BCUT2D eigenvalue weighted by atomic mass is 10.1. The topological polar surface area (TPSA) is 58.2 Å². The van der Waals surface area contributed by atoms with Gasteiger partial charge in [0.15, 0.2) is 0 Å². The number of benzene rings is 2. The van der Waals surface area contributed by atoms with Crippen molar-refractivity contribution in [2.24, 2.45) is 0 Å². The molecule has 0 saturated heterocycles. The summed E-state index contributed by atoms with van der Waals surface area (Å²) in [6.45, 7) is 0. The Balaban J connectivity index is 2.19. The summed E-state index contributed by atoms with van der Waals surface area (Å²) in [7, 11) is 0. The molecule has 20 heavy (non-hydrogen) atoms. The third-order valence-electron chi connectivity index (χ3n) is 2.95. The van der Waals surface area contributed by atoms with Crippen molar-refractivity contribution in [2.45, 2.75) is 0 Å². The molecule has 2 N–H and O–H groups in total. The Morgan fingerprint density at radius 3 is 1.60 bits per heavy atom. The molecule has 0 atom stereocenters. The molecule has 0 fully saturated rings. The van der Waals surface area contributed by atoms with E-state index in [9.17, 15) is 9.59 Å². The van der Waals surface area contributed by atoms with Crippen molar-refractivity contribution >= 4 is 55.0 Å². The number of imide groups is 1. The molecule has 2 aromatic carbocycles. The van der Waals surface area contributed by atoms with Gasteiger partial charge in [0.05, 0.1) is 22.5 Å². The van der Waals surface area contributed by atoms with Gasteiger partial charge in [0.1, 0.15) is 0 Å². The molecular formula is C14H8Br2N2O2. The van der Waals surface area contributed by atoms with Crippen LogP contribution >= 0.6 is 31.9 Å². The lowest BCUT2D eigenvalue weighted by Gasteiger charge is -2.18. The maximum absolute atomic E-state index is 12.1. The van der Waals surface area contributed by atoms with E-state index in [1.54, 1.807) is 24.3 Å². The molecule has 3 rings (SSSR count). The van der Waals surface area contributed by atoms with Gasteiger partial charge in [0, 0.05) is 8.95 Å². The molecule has 0 saturated carbocycles. The molecular weight excluding hydrogens is 388 g/mol. The predicted molar refractivity (Wildman–Crippen MR) is 83.4 cm³/mol. The van der Waals surface area contributed by atoms with Crippen LogP contribution in [0.2, 0.25) is 0 Å². The zero-order valence-electron chi connectivity index (χ0n) is 10.0. The summed E-state index contributed by atoms with van der Waals surface area (Å²) >= 11 is 6.64. The van der Waals surface area contributed by atoms with Crippen LogP contribution in [0, 0.1) is 0 Å². The second-order valence-corrected chi connectivity index (χ2v) is 6.12. The maximum atomic E-state index is 12.1. The SMILES string of the molecule is O=C1NC(=O)c2cc(Br)ccc2Nc2ccc(Br)cc21. The number of hydrogen-bond donors (Lipinski definition) is 2. The first-order valence-electron chi connectivity index (χ1n) is 5.76. The standard InChI is InChI=1S/C14H8Br2N2O2/c15-7-1-3-11-9(5-7)13(19)18-14(20)10-6-8(16)2-4-12(10)17-11/h1-6,17H,(H,18,19,20). The zero-order valence-corrected chi connectivity index (χ0v) is 13.2. The van der Waals surface area contributed by atoms with E-state index in [-0.39, 0.29) is 0 Å². The van der Waals surface area contributed by atoms with Gasteiger partial charge < -0.3 is 5.32 Å². The monoisotopic (exact) mass is 394 g/mol. The summed E-state index contributed by atoms with van der Waals surface area (Å²) in [4.78, 5) is 24.2. The van der Waals surface area contributed by atoms with Gasteiger partial charge in [-0.3, -0.25) is 14.9 Å². The highest BCUT2D eigenvalue weighted by atomic mass is 79.9. The quantitative estimate of drug-likeness (QED) is 0.666. The van der Waals surface area contributed by atoms with Crippen LogP contribution < -0.4 is 10.6 Å². The van der Waals surface area contributed by atoms with E-state index in [1.807, 2.05) is 12.1 Å². The average molecular weight is 396 g/mol. The van der Waals surface area contributed by atoms with Gasteiger partial charge >= 0.3 is 0 Å². The van der Waals surface area contributed by atoms with Crippen molar-refractivity contribution in [3.05, 3.63) is 56.5 Å². The van der Waals surface area contributed by atoms with Gasteiger partial charge in [0.2, 0.25) is 0 Å². The normalized spacial score (nSPS) is 13.5. The largest absolute Gasteiger partial charge is 0.354 e. The molecule has 0 spiro atoms. The molecule has 100 valence electrons. The van der Waals surface area contributed by atoms with Crippen LogP contribution in [-0.2, 0) is 0 Å². The third-order valence-corrected chi connectivity index (χ3v) is 3.94. The highest BCUT2D eigenvalue weighted by molar-refractivity contribution is 9.10. The Kier molecular flexibility index (Phi) is 3.35. The van der Waals surface area contributed by atoms with Crippen molar-refractivity contribution in [1.29, 1.82) is 0 Å². The molecule has 1 aliphatic heterocycles. The summed E-state index contributed by atoms with van der Waals surface area (Å²) in [5, 5.41) is 5.52. The molecule has 2 amide bonds. The highest BCUT2D eigenvalue weighted by Gasteiger charge is 2.22. The summed E-state index contributed by atoms with van der Waals surface area (Å²) < 4.78 is 1.55. The summed E-state index contributed by atoms with van der Waals surface area (Å²) in [5.41, 5.74) is 2.14. The van der Waals surface area contributed by atoms with Crippen molar-refractivity contribution in [1.82, 2.24) is 5.32 Å². The lowest BCUT2D eigenvalue weighted by Crippen LogP contribution is -2.33. The smallest absolute Gasteiger partial charge is 0.260 e. The number of hydrogen-bond acceptors (Lipinski definition) is 3. The van der Waals surface area contributed by atoms with E-state index in [1.165, 1.54) is 0 Å². The molecule has 0 aliphatic carbocycles. The molecule has 6 heteroatoms. The average Bonchev–Trinajstić information content (AvgIpc) is 2.41. The summed E-state index contributed by atoms with van der Waals surface area (Å²) in [6, 6.07) is 10.6. The first-order chi connectivity index (χ1) is 9.54. The summed E-state index contributed by atoms with van der Waals surface area (Å²) in [6.07, 6.45) is 0. The zero-order chi connectivity index (χ0) is 14.3. The molecule has 1 aliphatic rings. The van der Waals surface area contributed by atoms with E-state index in [4.69, 9.17) is 0 Å². The third kappa shape index (κ3) is 2.36.